The van der Waals surface area contributed by atoms with Crippen LogP contribution in [0.4, 0.5) is 23.7 Å². The molecule has 1 aromatic carbocycles. The summed E-state index contributed by atoms with van der Waals surface area (Å²) in [6, 6.07) is 3.01. The van der Waals surface area contributed by atoms with Gasteiger partial charge in [0, 0.05) is 4.47 Å². The van der Waals surface area contributed by atoms with Crippen LogP contribution in [0.5, 0.6) is 0 Å². The van der Waals surface area contributed by atoms with Crippen molar-refractivity contribution in [3.63, 3.8) is 0 Å². The van der Waals surface area contributed by atoms with E-state index in [-0.39, 0.29) is 18.5 Å². The first kappa shape index (κ1) is 17.1. The van der Waals surface area contributed by atoms with Gasteiger partial charge in [-0.2, -0.15) is 13.2 Å². The Bertz CT molecular complexity index is 581. The molecule has 22 heavy (non-hydrogen) atoms. The SMILES string of the molecule is CC(C)(C)OC(=O)N1c2ccc(Br)cc2CCC1C(F)(F)F. The molecule has 1 amide bonds. The summed E-state index contributed by atoms with van der Waals surface area (Å²) in [4.78, 5) is 13.0. The van der Waals surface area contributed by atoms with Crippen LogP contribution in [0.25, 0.3) is 0 Å². The van der Waals surface area contributed by atoms with Crippen LogP contribution in [-0.4, -0.2) is 23.9 Å². The van der Waals surface area contributed by atoms with Gasteiger partial charge in [0.15, 0.2) is 0 Å². The number of nitrogens with zero attached hydrogens (tertiary/aromatic N) is 1. The van der Waals surface area contributed by atoms with Crippen molar-refractivity contribution in [2.45, 2.75) is 51.4 Å². The molecule has 0 aliphatic carbocycles. The molecule has 1 heterocycles. The first-order valence-electron chi connectivity index (χ1n) is 6.86. The van der Waals surface area contributed by atoms with E-state index in [9.17, 15) is 18.0 Å². The number of fused-ring (bicyclic) bond motifs is 1. The zero-order valence-electron chi connectivity index (χ0n) is 12.5. The lowest BCUT2D eigenvalue weighted by molar-refractivity contribution is -0.150. The fourth-order valence-corrected chi connectivity index (χ4v) is 2.83. The highest BCUT2D eigenvalue weighted by atomic mass is 79.9. The van der Waals surface area contributed by atoms with Gasteiger partial charge in [-0.25, -0.2) is 4.79 Å². The predicted octanol–water partition coefficient (Wildman–Crippen LogP) is 5.07. The summed E-state index contributed by atoms with van der Waals surface area (Å²) in [6.07, 6.45) is -5.38. The van der Waals surface area contributed by atoms with Crippen molar-refractivity contribution in [3.8, 4) is 0 Å². The van der Waals surface area contributed by atoms with Crippen molar-refractivity contribution in [1.29, 1.82) is 0 Å². The number of benzene rings is 1. The Kier molecular flexibility index (Phi) is 4.48. The van der Waals surface area contributed by atoms with Crippen molar-refractivity contribution in [2.24, 2.45) is 0 Å². The molecule has 0 saturated carbocycles. The van der Waals surface area contributed by atoms with E-state index in [1.807, 2.05) is 0 Å². The average molecular weight is 380 g/mol. The van der Waals surface area contributed by atoms with E-state index in [0.717, 1.165) is 9.37 Å². The molecule has 0 radical (unpaired) electrons. The van der Waals surface area contributed by atoms with E-state index in [2.05, 4.69) is 15.9 Å². The molecular formula is C15H17BrF3NO2. The highest BCUT2D eigenvalue weighted by molar-refractivity contribution is 9.10. The van der Waals surface area contributed by atoms with Gasteiger partial charge in [0.05, 0.1) is 5.69 Å². The molecule has 0 bridgehead atoms. The minimum Gasteiger partial charge on any atom is -0.443 e. The average Bonchev–Trinajstić information content (AvgIpc) is 2.33. The van der Waals surface area contributed by atoms with Gasteiger partial charge in [-0.15, -0.1) is 0 Å². The Balaban J connectivity index is 2.45. The van der Waals surface area contributed by atoms with Gasteiger partial charge in [-0.3, -0.25) is 4.90 Å². The van der Waals surface area contributed by atoms with Gasteiger partial charge in [0.2, 0.25) is 0 Å². The van der Waals surface area contributed by atoms with Crippen LogP contribution >= 0.6 is 15.9 Å². The first-order chi connectivity index (χ1) is 9.99. The van der Waals surface area contributed by atoms with Gasteiger partial charge in [0.25, 0.3) is 0 Å². The number of hydrogen-bond acceptors (Lipinski definition) is 2. The zero-order valence-corrected chi connectivity index (χ0v) is 14.1. The van der Waals surface area contributed by atoms with Crippen LogP contribution in [0, 0.1) is 0 Å². The Labute approximate surface area is 135 Å². The molecule has 2 rings (SSSR count). The topological polar surface area (TPSA) is 29.5 Å². The zero-order chi connectivity index (χ0) is 16.7. The van der Waals surface area contributed by atoms with E-state index in [4.69, 9.17) is 4.74 Å². The van der Waals surface area contributed by atoms with Gasteiger partial charge in [-0.05, 0) is 57.4 Å². The number of anilines is 1. The van der Waals surface area contributed by atoms with Crippen LogP contribution in [0.15, 0.2) is 22.7 Å². The molecule has 1 atom stereocenters. The molecule has 122 valence electrons. The van der Waals surface area contributed by atoms with Crippen LogP contribution in [-0.2, 0) is 11.2 Å². The number of halogens is 4. The second-order valence-electron chi connectivity index (χ2n) is 6.22. The number of amides is 1. The molecule has 0 aromatic heterocycles. The lowest BCUT2D eigenvalue weighted by Gasteiger charge is -2.38. The minimum absolute atomic E-state index is 0.174. The molecule has 1 aromatic rings. The fraction of sp³-hybridized carbons (Fsp3) is 0.533. The van der Waals surface area contributed by atoms with E-state index in [1.54, 1.807) is 32.9 Å². The number of ether oxygens (including phenoxy) is 1. The maximum absolute atomic E-state index is 13.3. The summed E-state index contributed by atoms with van der Waals surface area (Å²) in [6.45, 7) is 4.87. The Morgan fingerprint density at radius 2 is 1.95 bits per heavy atom. The maximum Gasteiger partial charge on any atom is 0.415 e. The number of aryl methyl sites for hydroxylation is 1. The third kappa shape index (κ3) is 3.74. The summed E-state index contributed by atoms with van der Waals surface area (Å²) < 4.78 is 45.8. The Morgan fingerprint density at radius 1 is 1.32 bits per heavy atom. The lowest BCUT2D eigenvalue weighted by Crippen LogP contribution is -2.53. The summed E-state index contributed by atoms with van der Waals surface area (Å²) in [7, 11) is 0. The molecular weight excluding hydrogens is 363 g/mol. The van der Waals surface area contributed by atoms with Crippen LogP contribution in [0.1, 0.15) is 32.8 Å². The first-order valence-corrected chi connectivity index (χ1v) is 7.66. The van der Waals surface area contributed by atoms with E-state index in [0.29, 0.717) is 5.56 Å². The second kappa shape index (κ2) is 5.76. The van der Waals surface area contributed by atoms with Crippen molar-refractivity contribution in [2.75, 3.05) is 4.90 Å². The Hall–Kier alpha value is -1.24. The highest BCUT2D eigenvalue weighted by Crippen LogP contribution is 2.39. The summed E-state index contributed by atoms with van der Waals surface area (Å²) in [5.41, 5.74) is 0.0898. The van der Waals surface area contributed by atoms with Crippen LogP contribution < -0.4 is 4.90 Å². The summed E-state index contributed by atoms with van der Waals surface area (Å²) in [5.74, 6) is 0. The maximum atomic E-state index is 13.3. The molecule has 1 aliphatic heterocycles. The lowest BCUT2D eigenvalue weighted by atomic mass is 9.96. The number of rotatable bonds is 0. The van der Waals surface area contributed by atoms with Crippen molar-refractivity contribution in [3.05, 3.63) is 28.2 Å². The second-order valence-corrected chi connectivity index (χ2v) is 7.14. The summed E-state index contributed by atoms with van der Waals surface area (Å²) >= 11 is 3.29. The summed E-state index contributed by atoms with van der Waals surface area (Å²) in [5, 5.41) is 0. The quantitative estimate of drug-likeness (QED) is 0.629. The standard InChI is InChI=1S/C15H17BrF3NO2/c1-14(2,3)22-13(21)20-11-6-5-10(16)8-9(11)4-7-12(20)15(17,18)19/h5-6,8,12H,4,7H2,1-3H3. The molecule has 0 spiro atoms. The fourth-order valence-electron chi connectivity index (χ4n) is 2.43. The Morgan fingerprint density at radius 3 is 2.50 bits per heavy atom. The van der Waals surface area contributed by atoms with Crippen LogP contribution in [0.2, 0.25) is 0 Å². The third-order valence-electron chi connectivity index (χ3n) is 3.27. The number of hydrogen-bond donors (Lipinski definition) is 0. The highest BCUT2D eigenvalue weighted by Gasteiger charge is 2.49. The van der Waals surface area contributed by atoms with Crippen molar-refractivity contribution in [1.82, 2.24) is 0 Å². The van der Waals surface area contributed by atoms with Gasteiger partial charge >= 0.3 is 12.3 Å². The largest absolute Gasteiger partial charge is 0.443 e. The molecule has 1 unspecified atom stereocenters. The van der Waals surface area contributed by atoms with Crippen molar-refractivity contribution >= 4 is 27.7 Å². The third-order valence-corrected chi connectivity index (χ3v) is 3.76. The molecule has 3 nitrogen and oxygen atoms in total. The molecule has 0 N–H and O–H groups in total. The molecule has 0 fully saturated rings. The number of carbonyl (C=O) groups excluding carboxylic acids is 1. The predicted molar refractivity (Wildman–Crippen MR) is 81.0 cm³/mol. The molecule has 7 heteroatoms. The van der Waals surface area contributed by atoms with Crippen molar-refractivity contribution < 1.29 is 22.7 Å². The normalized spacial score (nSPS) is 18.9. The minimum atomic E-state index is -4.50. The van der Waals surface area contributed by atoms with E-state index < -0.39 is 23.9 Å². The van der Waals surface area contributed by atoms with Gasteiger partial charge < -0.3 is 4.74 Å². The van der Waals surface area contributed by atoms with E-state index >= 15 is 0 Å². The smallest absolute Gasteiger partial charge is 0.415 e. The molecule has 0 saturated heterocycles. The van der Waals surface area contributed by atoms with Crippen LogP contribution in [0.3, 0.4) is 0 Å². The van der Waals surface area contributed by atoms with Gasteiger partial charge in [0.1, 0.15) is 11.6 Å². The van der Waals surface area contributed by atoms with E-state index in [1.165, 1.54) is 6.07 Å². The number of alkyl halides is 3. The number of carbonyl (C=O) groups is 1. The molecule has 1 aliphatic rings. The van der Waals surface area contributed by atoms with Gasteiger partial charge in [-0.1, -0.05) is 15.9 Å². The monoisotopic (exact) mass is 379 g/mol.